The molecule has 0 aromatic heterocycles. The van der Waals surface area contributed by atoms with Gasteiger partial charge in [0, 0.05) is 30.2 Å². The molecular weight excluding hydrogens is 336 g/mol. The van der Waals surface area contributed by atoms with Crippen LogP contribution in [0.1, 0.15) is 18.4 Å². The monoisotopic (exact) mass is 356 g/mol. The fraction of sp³-hybridized carbons (Fsp3) is 0.300. The van der Waals surface area contributed by atoms with E-state index in [9.17, 15) is 9.59 Å². The Morgan fingerprint density at radius 1 is 1.16 bits per heavy atom. The quantitative estimate of drug-likeness (QED) is 0.806. The number of anilines is 1. The van der Waals surface area contributed by atoms with Gasteiger partial charge in [0.05, 0.1) is 5.92 Å². The molecule has 2 aromatic carbocycles. The third-order valence-corrected chi connectivity index (χ3v) is 4.64. The molecule has 4 nitrogen and oxygen atoms in total. The summed E-state index contributed by atoms with van der Waals surface area (Å²) in [4.78, 5) is 26.2. The molecule has 0 aliphatic carbocycles. The molecule has 1 saturated heterocycles. The summed E-state index contributed by atoms with van der Waals surface area (Å²) in [6.45, 7) is 1.03. The van der Waals surface area contributed by atoms with Crippen molar-refractivity contribution in [1.29, 1.82) is 0 Å². The standard InChI is InChI=1S/C20H21ClN2O2/c21-17-9-4-10-18(13-17)23-14-16(12-19(23)24)20(25)22-11-5-8-15-6-2-1-3-7-15/h1-4,6-7,9-10,13,16H,5,8,11-12,14H2,(H,22,25). The Bertz CT molecular complexity index is 748. The van der Waals surface area contributed by atoms with Crippen LogP contribution in [0.4, 0.5) is 5.69 Å². The molecule has 3 rings (SSSR count). The number of halogens is 1. The molecule has 0 bridgehead atoms. The number of carbonyl (C=O) groups is 2. The van der Waals surface area contributed by atoms with Crippen molar-refractivity contribution >= 4 is 29.1 Å². The predicted octanol–water partition coefficient (Wildman–Crippen LogP) is 3.44. The van der Waals surface area contributed by atoms with Gasteiger partial charge in [-0.1, -0.05) is 48.0 Å². The molecule has 1 aliphatic heterocycles. The smallest absolute Gasteiger partial charge is 0.227 e. The minimum Gasteiger partial charge on any atom is -0.356 e. The van der Waals surface area contributed by atoms with Crippen molar-refractivity contribution in [2.24, 2.45) is 5.92 Å². The summed E-state index contributed by atoms with van der Waals surface area (Å²) in [5, 5.41) is 3.54. The lowest BCUT2D eigenvalue weighted by Gasteiger charge is -2.17. The molecule has 0 radical (unpaired) electrons. The molecular formula is C20H21ClN2O2. The molecule has 2 amide bonds. The number of carbonyl (C=O) groups excluding carboxylic acids is 2. The zero-order valence-electron chi connectivity index (χ0n) is 14.0. The SMILES string of the molecule is O=C(NCCCc1ccccc1)C1CC(=O)N(c2cccc(Cl)c2)C1. The van der Waals surface area contributed by atoms with Gasteiger partial charge in [-0.2, -0.15) is 0 Å². The zero-order chi connectivity index (χ0) is 17.6. The van der Waals surface area contributed by atoms with E-state index in [-0.39, 0.29) is 24.2 Å². The van der Waals surface area contributed by atoms with Crippen molar-refractivity contribution in [3.63, 3.8) is 0 Å². The molecule has 0 spiro atoms. The highest BCUT2D eigenvalue weighted by Gasteiger charge is 2.34. The molecule has 1 atom stereocenters. The second-order valence-corrected chi connectivity index (χ2v) is 6.70. The van der Waals surface area contributed by atoms with Gasteiger partial charge in [0.1, 0.15) is 0 Å². The molecule has 130 valence electrons. The molecule has 1 fully saturated rings. The second kappa shape index (κ2) is 8.17. The van der Waals surface area contributed by atoms with Crippen LogP contribution in [0.3, 0.4) is 0 Å². The first-order valence-corrected chi connectivity index (χ1v) is 8.89. The summed E-state index contributed by atoms with van der Waals surface area (Å²) in [7, 11) is 0. The average Bonchev–Trinajstić information content (AvgIpc) is 3.01. The zero-order valence-corrected chi connectivity index (χ0v) is 14.7. The maximum Gasteiger partial charge on any atom is 0.227 e. The highest BCUT2D eigenvalue weighted by molar-refractivity contribution is 6.30. The fourth-order valence-electron chi connectivity index (χ4n) is 3.07. The lowest BCUT2D eigenvalue weighted by Crippen LogP contribution is -2.33. The van der Waals surface area contributed by atoms with Crippen LogP contribution in [0, 0.1) is 5.92 Å². The van der Waals surface area contributed by atoms with Crippen LogP contribution < -0.4 is 10.2 Å². The molecule has 0 saturated carbocycles. The molecule has 2 aromatic rings. The van der Waals surface area contributed by atoms with E-state index in [1.807, 2.05) is 30.3 Å². The predicted molar refractivity (Wildman–Crippen MR) is 99.7 cm³/mol. The first-order chi connectivity index (χ1) is 12.1. The van der Waals surface area contributed by atoms with E-state index in [4.69, 9.17) is 11.6 Å². The number of rotatable bonds is 6. The number of amides is 2. The van der Waals surface area contributed by atoms with Crippen LogP contribution in [-0.4, -0.2) is 24.9 Å². The van der Waals surface area contributed by atoms with Gasteiger partial charge in [0.15, 0.2) is 0 Å². The van der Waals surface area contributed by atoms with Gasteiger partial charge in [-0.3, -0.25) is 9.59 Å². The second-order valence-electron chi connectivity index (χ2n) is 6.27. The third-order valence-electron chi connectivity index (χ3n) is 4.40. The third kappa shape index (κ3) is 4.60. The minimum atomic E-state index is -0.303. The van der Waals surface area contributed by atoms with Gasteiger partial charge in [-0.05, 0) is 36.6 Å². The number of hydrogen-bond donors (Lipinski definition) is 1. The van der Waals surface area contributed by atoms with Gasteiger partial charge < -0.3 is 10.2 Å². The Morgan fingerprint density at radius 3 is 2.72 bits per heavy atom. The van der Waals surface area contributed by atoms with E-state index < -0.39 is 0 Å². The molecule has 1 unspecified atom stereocenters. The van der Waals surface area contributed by atoms with E-state index in [0.717, 1.165) is 18.5 Å². The summed E-state index contributed by atoms with van der Waals surface area (Å²) in [6, 6.07) is 17.4. The molecule has 1 N–H and O–H groups in total. The summed E-state index contributed by atoms with van der Waals surface area (Å²) >= 11 is 5.99. The number of nitrogens with one attached hydrogen (secondary N) is 1. The van der Waals surface area contributed by atoms with E-state index in [1.165, 1.54) is 5.56 Å². The average molecular weight is 357 g/mol. The maximum atomic E-state index is 12.3. The van der Waals surface area contributed by atoms with Crippen molar-refractivity contribution in [2.45, 2.75) is 19.3 Å². The number of hydrogen-bond acceptors (Lipinski definition) is 2. The largest absolute Gasteiger partial charge is 0.356 e. The highest BCUT2D eigenvalue weighted by Crippen LogP contribution is 2.27. The minimum absolute atomic E-state index is 0.0355. The normalized spacial score (nSPS) is 16.9. The van der Waals surface area contributed by atoms with Crippen molar-refractivity contribution < 1.29 is 9.59 Å². The van der Waals surface area contributed by atoms with Crippen molar-refractivity contribution in [3.05, 3.63) is 65.2 Å². The molecule has 25 heavy (non-hydrogen) atoms. The number of aryl methyl sites for hydroxylation is 1. The fourth-order valence-corrected chi connectivity index (χ4v) is 3.25. The van der Waals surface area contributed by atoms with Crippen molar-refractivity contribution in [2.75, 3.05) is 18.0 Å². The maximum absolute atomic E-state index is 12.3. The summed E-state index contributed by atoms with van der Waals surface area (Å²) in [6.07, 6.45) is 2.06. The van der Waals surface area contributed by atoms with Crippen molar-refractivity contribution in [3.8, 4) is 0 Å². The van der Waals surface area contributed by atoms with Crippen LogP contribution in [0.25, 0.3) is 0 Å². The van der Waals surface area contributed by atoms with Crippen LogP contribution in [0.15, 0.2) is 54.6 Å². The topological polar surface area (TPSA) is 49.4 Å². The van der Waals surface area contributed by atoms with Gasteiger partial charge in [-0.15, -0.1) is 0 Å². The first kappa shape index (κ1) is 17.5. The number of benzene rings is 2. The van der Waals surface area contributed by atoms with E-state index >= 15 is 0 Å². The van der Waals surface area contributed by atoms with Gasteiger partial charge in [0.2, 0.25) is 11.8 Å². The van der Waals surface area contributed by atoms with E-state index in [0.29, 0.717) is 18.1 Å². The summed E-state index contributed by atoms with van der Waals surface area (Å²) < 4.78 is 0. The lowest BCUT2D eigenvalue weighted by molar-refractivity contribution is -0.126. The Morgan fingerprint density at radius 2 is 1.96 bits per heavy atom. The Balaban J connectivity index is 1.47. The van der Waals surface area contributed by atoms with Crippen LogP contribution in [0.2, 0.25) is 5.02 Å². The van der Waals surface area contributed by atoms with E-state index in [2.05, 4.69) is 17.4 Å². The van der Waals surface area contributed by atoms with Gasteiger partial charge >= 0.3 is 0 Å². The van der Waals surface area contributed by atoms with Gasteiger partial charge in [0.25, 0.3) is 0 Å². The van der Waals surface area contributed by atoms with Crippen molar-refractivity contribution in [1.82, 2.24) is 5.32 Å². The van der Waals surface area contributed by atoms with Crippen LogP contribution >= 0.6 is 11.6 Å². The first-order valence-electron chi connectivity index (χ1n) is 8.51. The number of nitrogens with zero attached hydrogens (tertiary/aromatic N) is 1. The van der Waals surface area contributed by atoms with Crippen LogP contribution in [0.5, 0.6) is 0 Å². The summed E-state index contributed by atoms with van der Waals surface area (Å²) in [5.41, 5.74) is 2.01. The van der Waals surface area contributed by atoms with Gasteiger partial charge in [-0.25, -0.2) is 0 Å². The Kier molecular flexibility index (Phi) is 5.71. The molecule has 1 heterocycles. The highest BCUT2D eigenvalue weighted by atomic mass is 35.5. The Hall–Kier alpha value is -2.33. The summed E-state index contributed by atoms with van der Waals surface area (Å²) in [5.74, 6) is -0.388. The lowest BCUT2D eigenvalue weighted by atomic mass is 10.1. The molecule has 1 aliphatic rings. The van der Waals surface area contributed by atoms with Crippen LogP contribution in [-0.2, 0) is 16.0 Å². The molecule has 5 heteroatoms. The Labute approximate surface area is 152 Å². The van der Waals surface area contributed by atoms with E-state index in [1.54, 1.807) is 17.0 Å².